The minimum Gasteiger partial charge on any atom is -0.493 e. The van der Waals surface area contributed by atoms with Gasteiger partial charge in [0.1, 0.15) is 11.6 Å². The molecule has 0 spiro atoms. The van der Waals surface area contributed by atoms with Crippen LogP contribution < -0.4 is 10.1 Å². The van der Waals surface area contributed by atoms with Gasteiger partial charge in [0, 0.05) is 41.8 Å². The molecule has 6 rings (SSSR count). The van der Waals surface area contributed by atoms with Crippen LogP contribution in [0.3, 0.4) is 0 Å². The Kier molecular flexibility index (Phi) is 7.03. The number of aromatic nitrogens is 5. The van der Waals surface area contributed by atoms with Crippen molar-refractivity contribution in [3.63, 3.8) is 0 Å². The predicted molar refractivity (Wildman–Crippen MR) is 149 cm³/mol. The van der Waals surface area contributed by atoms with Gasteiger partial charge in [-0.1, -0.05) is 6.07 Å². The summed E-state index contributed by atoms with van der Waals surface area (Å²) in [7, 11) is 0. The van der Waals surface area contributed by atoms with Crippen LogP contribution in [0.2, 0.25) is 0 Å². The SMILES string of the molecule is CCOC(=O)CC(c1cnc2ncccc2c1)n1ncc2cc(OCCc3ccc4c(n3)NCCC4)ccc21. The number of fused-ring (bicyclic) bond motifs is 3. The van der Waals surface area contributed by atoms with E-state index in [1.165, 1.54) is 5.56 Å². The summed E-state index contributed by atoms with van der Waals surface area (Å²) >= 11 is 0. The van der Waals surface area contributed by atoms with Crippen molar-refractivity contribution >= 4 is 33.7 Å². The van der Waals surface area contributed by atoms with Crippen molar-refractivity contribution in [2.45, 2.75) is 38.6 Å². The molecule has 0 saturated carbocycles. The van der Waals surface area contributed by atoms with Gasteiger partial charge in [-0.2, -0.15) is 5.10 Å². The van der Waals surface area contributed by atoms with Crippen LogP contribution in [0.15, 0.2) is 67.1 Å². The third-order valence-electron chi connectivity index (χ3n) is 6.97. The van der Waals surface area contributed by atoms with Crippen LogP contribution in [0.4, 0.5) is 5.82 Å². The molecule has 1 aliphatic heterocycles. The second-order valence-corrected chi connectivity index (χ2v) is 9.59. The van der Waals surface area contributed by atoms with E-state index in [4.69, 9.17) is 14.5 Å². The zero-order valence-corrected chi connectivity index (χ0v) is 21.8. The van der Waals surface area contributed by atoms with Crippen molar-refractivity contribution < 1.29 is 14.3 Å². The van der Waals surface area contributed by atoms with Crippen LogP contribution in [0, 0.1) is 0 Å². The second kappa shape index (κ2) is 11.1. The molecule has 1 N–H and O–H groups in total. The van der Waals surface area contributed by atoms with E-state index in [2.05, 4.69) is 32.5 Å². The summed E-state index contributed by atoms with van der Waals surface area (Å²) in [5.74, 6) is 1.48. The molecule has 39 heavy (non-hydrogen) atoms. The van der Waals surface area contributed by atoms with Gasteiger partial charge in [-0.05, 0) is 73.4 Å². The minimum absolute atomic E-state index is 0.138. The van der Waals surface area contributed by atoms with E-state index in [0.29, 0.717) is 18.9 Å². The average molecular weight is 523 g/mol. The van der Waals surface area contributed by atoms with Crippen LogP contribution in [0.25, 0.3) is 21.9 Å². The first-order valence-electron chi connectivity index (χ1n) is 13.4. The summed E-state index contributed by atoms with van der Waals surface area (Å²) in [5, 5.41) is 9.88. The second-order valence-electron chi connectivity index (χ2n) is 9.59. The lowest BCUT2D eigenvalue weighted by Gasteiger charge is -2.19. The number of hydrogen-bond acceptors (Lipinski definition) is 8. The van der Waals surface area contributed by atoms with E-state index in [0.717, 1.165) is 64.9 Å². The lowest BCUT2D eigenvalue weighted by Crippen LogP contribution is -2.18. The normalized spacial score (nSPS) is 13.6. The molecule has 0 radical (unpaired) electrons. The van der Waals surface area contributed by atoms with Gasteiger partial charge < -0.3 is 14.8 Å². The van der Waals surface area contributed by atoms with Gasteiger partial charge in [0.05, 0.1) is 37.4 Å². The van der Waals surface area contributed by atoms with Crippen LogP contribution >= 0.6 is 0 Å². The number of benzene rings is 1. The monoisotopic (exact) mass is 522 g/mol. The number of nitrogens with zero attached hydrogens (tertiary/aromatic N) is 5. The number of hydrogen-bond donors (Lipinski definition) is 1. The maximum Gasteiger partial charge on any atom is 0.308 e. The van der Waals surface area contributed by atoms with E-state index < -0.39 is 0 Å². The Hall–Kier alpha value is -4.53. The van der Waals surface area contributed by atoms with Crippen molar-refractivity contribution in [2.24, 2.45) is 0 Å². The van der Waals surface area contributed by atoms with E-state index in [1.807, 2.05) is 41.1 Å². The van der Waals surface area contributed by atoms with E-state index >= 15 is 0 Å². The summed E-state index contributed by atoms with van der Waals surface area (Å²) in [6.45, 7) is 3.62. The molecule has 0 saturated heterocycles. The van der Waals surface area contributed by atoms with Gasteiger partial charge in [0.2, 0.25) is 0 Å². The lowest BCUT2D eigenvalue weighted by molar-refractivity contribution is -0.143. The van der Waals surface area contributed by atoms with Crippen molar-refractivity contribution in [1.29, 1.82) is 0 Å². The van der Waals surface area contributed by atoms with Crippen molar-refractivity contribution in [3.05, 3.63) is 83.9 Å². The number of carbonyl (C=O) groups is 1. The Bertz CT molecular complexity index is 1630. The van der Waals surface area contributed by atoms with E-state index in [1.54, 1.807) is 25.5 Å². The summed E-state index contributed by atoms with van der Waals surface area (Å²) in [6.07, 6.45) is 8.36. The fourth-order valence-corrected chi connectivity index (χ4v) is 5.04. The number of aryl methyl sites for hydroxylation is 1. The van der Waals surface area contributed by atoms with Crippen LogP contribution in [0.5, 0.6) is 5.75 Å². The minimum atomic E-state index is -0.380. The smallest absolute Gasteiger partial charge is 0.308 e. The highest BCUT2D eigenvalue weighted by molar-refractivity contribution is 5.81. The van der Waals surface area contributed by atoms with Gasteiger partial charge in [-0.3, -0.25) is 9.48 Å². The van der Waals surface area contributed by atoms with E-state index in [9.17, 15) is 4.79 Å². The number of esters is 1. The largest absolute Gasteiger partial charge is 0.493 e. The Morgan fingerprint density at radius 1 is 1.10 bits per heavy atom. The van der Waals surface area contributed by atoms with Gasteiger partial charge in [0.15, 0.2) is 5.65 Å². The zero-order chi connectivity index (χ0) is 26.6. The number of anilines is 1. The Labute approximate surface area is 226 Å². The number of carbonyl (C=O) groups excluding carboxylic acids is 1. The summed E-state index contributed by atoms with van der Waals surface area (Å²) < 4.78 is 13.2. The molecule has 4 aromatic heterocycles. The third-order valence-corrected chi connectivity index (χ3v) is 6.97. The summed E-state index contributed by atoms with van der Waals surface area (Å²) in [4.78, 5) is 26.1. The molecular weight excluding hydrogens is 492 g/mol. The standard InChI is InChI=1S/C30H30N6O3/c1-2-38-28(37)17-27(22-15-21-6-4-12-31-29(21)33-18-22)36-26-10-9-25(16-23(26)19-34-36)39-14-11-24-8-7-20-5-3-13-32-30(20)35-24/h4,6-10,12,15-16,18-19,27H,2-3,5,11,13-14,17H2,1H3,(H,32,35). The first-order chi connectivity index (χ1) is 19.2. The molecule has 0 fully saturated rings. The molecular formula is C30H30N6O3. The van der Waals surface area contributed by atoms with Gasteiger partial charge in [-0.25, -0.2) is 15.0 Å². The van der Waals surface area contributed by atoms with Crippen LogP contribution in [-0.2, 0) is 22.4 Å². The lowest BCUT2D eigenvalue weighted by atomic mass is 10.0. The topological polar surface area (TPSA) is 104 Å². The third kappa shape index (κ3) is 5.38. The highest BCUT2D eigenvalue weighted by Crippen LogP contribution is 2.30. The van der Waals surface area contributed by atoms with Gasteiger partial charge in [0.25, 0.3) is 0 Å². The molecule has 1 atom stereocenters. The van der Waals surface area contributed by atoms with Crippen LogP contribution in [-0.4, -0.2) is 50.5 Å². The molecule has 0 bridgehead atoms. The number of ether oxygens (including phenoxy) is 2. The maximum atomic E-state index is 12.6. The van der Waals surface area contributed by atoms with Gasteiger partial charge >= 0.3 is 5.97 Å². The number of pyridine rings is 3. The average Bonchev–Trinajstić information content (AvgIpc) is 3.39. The molecule has 1 aromatic carbocycles. The van der Waals surface area contributed by atoms with Gasteiger partial charge in [-0.15, -0.1) is 0 Å². The summed E-state index contributed by atoms with van der Waals surface area (Å²) in [5.41, 5.74) is 4.71. The number of rotatable bonds is 9. The fourth-order valence-electron chi connectivity index (χ4n) is 5.04. The molecule has 0 amide bonds. The fraction of sp³-hybridized carbons (Fsp3) is 0.300. The van der Waals surface area contributed by atoms with Crippen molar-refractivity contribution in [3.8, 4) is 5.75 Å². The Morgan fingerprint density at radius 2 is 2.05 bits per heavy atom. The molecule has 9 nitrogen and oxygen atoms in total. The predicted octanol–water partition coefficient (Wildman–Crippen LogP) is 4.90. The number of nitrogens with one attached hydrogen (secondary N) is 1. The molecule has 1 aliphatic rings. The Balaban J connectivity index is 1.22. The Morgan fingerprint density at radius 3 is 2.97 bits per heavy atom. The molecule has 5 heterocycles. The quantitative estimate of drug-likeness (QED) is 0.273. The first-order valence-corrected chi connectivity index (χ1v) is 13.4. The molecule has 9 heteroatoms. The van der Waals surface area contributed by atoms with E-state index in [-0.39, 0.29) is 18.4 Å². The van der Waals surface area contributed by atoms with Crippen molar-refractivity contribution in [1.82, 2.24) is 24.7 Å². The zero-order valence-electron chi connectivity index (χ0n) is 21.8. The molecule has 0 aliphatic carbocycles. The highest BCUT2D eigenvalue weighted by Gasteiger charge is 2.23. The maximum absolute atomic E-state index is 12.6. The highest BCUT2D eigenvalue weighted by atomic mass is 16.5. The van der Waals surface area contributed by atoms with Crippen molar-refractivity contribution in [2.75, 3.05) is 25.1 Å². The first kappa shape index (κ1) is 24.8. The molecule has 5 aromatic rings. The molecule has 1 unspecified atom stereocenters. The molecule has 198 valence electrons. The van der Waals surface area contributed by atoms with Crippen LogP contribution in [0.1, 0.15) is 42.6 Å². The summed E-state index contributed by atoms with van der Waals surface area (Å²) in [6, 6.07) is 15.6.